The molecule has 0 radical (unpaired) electrons. The van der Waals surface area contributed by atoms with E-state index in [4.69, 9.17) is 0 Å². The fourth-order valence-corrected chi connectivity index (χ4v) is 2.10. The lowest BCUT2D eigenvalue weighted by molar-refractivity contribution is 0.389. The van der Waals surface area contributed by atoms with Crippen molar-refractivity contribution in [2.45, 2.75) is 46.1 Å². The van der Waals surface area contributed by atoms with E-state index in [-0.39, 0.29) is 0 Å². The summed E-state index contributed by atoms with van der Waals surface area (Å²) in [7, 11) is 0. The first kappa shape index (κ1) is 8.79. The van der Waals surface area contributed by atoms with Crippen molar-refractivity contribution in [3.05, 3.63) is 17.5 Å². The molecule has 72 valence electrons. The summed E-state index contributed by atoms with van der Waals surface area (Å²) in [6, 6.07) is 0. The average Bonchev–Trinajstić information content (AvgIpc) is 2.46. The van der Waals surface area contributed by atoms with E-state index in [0.717, 1.165) is 12.5 Å². The smallest absolute Gasteiger partial charge is 0.0527 e. The van der Waals surface area contributed by atoms with Crippen molar-refractivity contribution in [2.75, 3.05) is 0 Å². The van der Waals surface area contributed by atoms with Gasteiger partial charge in [-0.3, -0.25) is 4.68 Å². The second kappa shape index (κ2) is 3.17. The molecule has 0 spiro atoms. The Morgan fingerprint density at radius 1 is 1.54 bits per heavy atom. The topological polar surface area (TPSA) is 17.8 Å². The molecule has 2 rings (SSSR count). The molecule has 2 nitrogen and oxygen atoms in total. The molecule has 0 aromatic carbocycles. The van der Waals surface area contributed by atoms with Crippen LogP contribution in [0.5, 0.6) is 0 Å². The van der Waals surface area contributed by atoms with Gasteiger partial charge >= 0.3 is 0 Å². The number of hydrogen-bond donors (Lipinski definition) is 0. The van der Waals surface area contributed by atoms with Crippen molar-refractivity contribution in [1.82, 2.24) is 9.78 Å². The highest BCUT2D eigenvalue weighted by Gasteiger charge is 2.20. The zero-order valence-corrected chi connectivity index (χ0v) is 8.75. The van der Waals surface area contributed by atoms with Crippen LogP contribution in [0, 0.1) is 5.92 Å². The minimum atomic E-state index is 0.619. The number of aryl methyl sites for hydroxylation is 1. The van der Waals surface area contributed by atoms with Gasteiger partial charge in [-0.1, -0.05) is 20.8 Å². The molecule has 1 atom stereocenters. The van der Waals surface area contributed by atoms with Crippen molar-refractivity contribution in [3.63, 3.8) is 0 Å². The van der Waals surface area contributed by atoms with Crippen LogP contribution in [0.3, 0.4) is 0 Å². The van der Waals surface area contributed by atoms with Crippen LogP contribution in [0.15, 0.2) is 6.20 Å². The quantitative estimate of drug-likeness (QED) is 0.646. The maximum absolute atomic E-state index is 4.43. The maximum atomic E-state index is 4.43. The lowest BCUT2D eigenvalue weighted by Gasteiger charge is -2.21. The van der Waals surface area contributed by atoms with Crippen LogP contribution in [-0.4, -0.2) is 9.78 Å². The van der Waals surface area contributed by atoms with Crippen LogP contribution in [0.25, 0.3) is 0 Å². The molecule has 1 aromatic heterocycles. The largest absolute Gasteiger partial charge is 0.269 e. The Hall–Kier alpha value is -0.790. The third-order valence-electron chi connectivity index (χ3n) is 2.98. The normalized spacial score (nSPS) is 22.0. The number of nitrogens with zero attached hydrogens (tertiary/aromatic N) is 2. The predicted octanol–water partition coefficient (Wildman–Crippen LogP) is 2.59. The summed E-state index contributed by atoms with van der Waals surface area (Å²) in [4.78, 5) is 0. The van der Waals surface area contributed by atoms with Crippen LogP contribution >= 0.6 is 0 Å². The van der Waals surface area contributed by atoms with Crippen LogP contribution < -0.4 is 0 Å². The highest BCUT2D eigenvalue weighted by atomic mass is 15.3. The summed E-state index contributed by atoms with van der Waals surface area (Å²) < 4.78 is 2.19. The molecule has 2 heterocycles. The van der Waals surface area contributed by atoms with Crippen molar-refractivity contribution >= 4 is 0 Å². The van der Waals surface area contributed by atoms with Crippen molar-refractivity contribution in [3.8, 4) is 0 Å². The molecule has 0 amide bonds. The Kier molecular flexibility index (Phi) is 2.14. The fourth-order valence-electron chi connectivity index (χ4n) is 2.10. The van der Waals surface area contributed by atoms with Gasteiger partial charge in [-0.25, -0.2) is 0 Å². The highest BCUT2D eigenvalue weighted by Crippen LogP contribution is 2.26. The number of rotatable bonds is 1. The van der Waals surface area contributed by atoms with Crippen molar-refractivity contribution < 1.29 is 0 Å². The average molecular weight is 178 g/mol. The van der Waals surface area contributed by atoms with E-state index in [1.165, 1.54) is 24.1 Å². The lowest BCUT2D eigenvalue weighted by Crippen LogP contribution is -2.18. The van der Waals surface area contributed by atoms with E-state index in [0.29, 0.717) is 5.92 Å². The first-order chi connectivity index (χ1) is 6.18. The molecule has 1 aliphatic rings. The van der Waals surface area contributed by atoms with Gasteiger partial charge in [-0.2, -0.15) is 5.10 Å². The van der Waals surface area contributed by atoms with Gasteiger partial charge in [0.1, 0.15) is 0 Å². The summed E-state index contributed by atoms with van der Waals surface area (Å²) in [5.41, 5.74) is 2.93. The van der Waals surface area contributed by atoms with Gasteiger partial charge in [0.25, 0.3) is 0 Å². The fraction of sp³-hybridized carbons (Fsp3) is 0.727. The van der Waals surface area contributed by atoms with Crippen molar-refractivity contribution in [2.24, 2.45) is 5.92 Å². The Labute approximate surface area is 80.0 Å². The SMILES string of the molecule is CC(C)c1cnn2c1C[C@H](C)CC2. The zero-order chi connectivity index (χ0) is 9.42. The summed E-state index contributed by atoms with van der Waals surface area (Å²) in [5, 5.41) is 4.43. The van der Waals surface area contributed by atoms with Gasteiger partial charge < -0.3 is 0 Å². The number of hydrogen-bond acceptors (Lipinski definition) is 1. The second-order valence-corrected chi connectivity index (χ2v) is 4.52. The molecule has 0 bridgehead atoms. The molecule has 0 unspecified atom stereocenters. The third kappa shape index (κ3) is 1.50. The van der Waals surface area contributed by atoms with E-state index in [9.17, 15) is 0 Å². The number of aromatic nitrogens is 2. The third-order valence-corrected chi connectivity index (χ3v) is 2.98. The van der Waals surface area contributed by atoms with Crippen molar-refractivity contribution in [1.29, 1.82) is 0 Å². The number of fused-ring (bicyclic) bond motifs is 1. The molecule has 1 aromatic rings. The van der Waals surface area contributed by atoms with Gasteiger partial charge in [0, 0.05) is 12.2 Å². The zero-order valence-electron chi connectivity index (χ0n) is 8.75. The van der Waals surface area contributed by atoms with E-state index in [2.05, 4.69) is 36.7 Å². The van der Waals surface area contributed by atoms with Gasteiger partial charge in [-0.15, -0.1) is 0 Å². The lowest BCUT2D eigenvalue weighted by atomic mass is 9.93. The maximum Gasteiger partial charge on any atom is 0.0527 e. The van der Waals surface area contributed by atoms with E-state index in [1.54, 1.807) is 0 Å². The van der Waals surface area contributed by atoms with Crippen LogP contribution in [0.2, 0.25) is 0 Å². The highest BCUT2D eigenvalue weighted by molar-refractivity contribution is 5.22. The van der Waals surface area contributed by atoms with Gasteiger partial charge in [0.05, 0.1) is 6.20 Å². The standard InChI is InChI=1S/C11H18N2/c1-8(2)10-7-12-13-5-4-9(3)6-11(10)13/h7-9H,4-6H2,1-3H3/t9-/m1/s1. The van der Waals surface area contributed by atoms with E-state index < -0.39 is 0 Å². The van der Waals surface area contributed by atoms with E-state index >= 15 is 0 Å². The van der Waals surface area contributed by atoms with Gasteiger partial charge in [0.15, 0.2) is 0 Å². The molecule has 13 heavy (non-hydrogen) atoms. The molecular weight excluding hydrogens is 160 g/mol. The van der Waals surface area contributed by atoms with E-state index in [1.807, 2.05) is 0 Å². The molecule has 0 saturated carbocycles. The van der Waals surface area contributed by atoms with Gasteiger partial charge in [-0.05, 0) is 30.2 Å². The molecular formula is C11H18N2. The summed E-state index contributed by atoms with van der Waals surface area (Å²) >= 11 is 0. The molecule has 1 aliphatic heterocycles. The Bertz CT molecular complexity index is 299. The molecule has 0 saturated heterocycles. The molecule has 0 aliphatic carbocycles. The summed E-state index contributed by atoms with van der Waals surface area (Å²) in [5.74, 6) is 1.45. The summed E-state index contributed by atoms with van der Waals surface area (Å²) in [6.45, 7) is 7.94. The Morgan fingerprint density at radius 3 is 3.00 bits per heavy atom. The predicted molar refractivity (Wildman–Crippen MR) is 53.8 cm³/mol. The summed E-state index contributed by atoms with van der Waals surface area (Å²) in [6.07, 6.45) is 4.55. The molecule has 0 fully saturated rings. The van der Waals surface area contributed by atoms with Crippen LogP contribution in [0.4, 0.5) is 0 Å². The Morgan fingerprint density at radius 2 is 2.31 bits per heavy atom. The monoisotopic (exact) mass is 178 g/mol. The molecule has 0 N–H and O–H groups in total. The first-order valence-electron chi connectivity index (χ1n) is 5.23. The van der Waals surface area contributed by atoms with Crippen LogP contribution in [0.1, 0.15) is 44.4 Å². The Balaban J connectivity index is 2.35. The van der Waals surface area contributed by atoms with Crippen LogP contribution in [-0.2, 0) is 13.0 Å². The van der Waals surface area contributed by atoms with Gasteiger partial charge in [0.2, 0.25) is 0 Å². The molecule has 2 heteroatoms. The first-order valence-corrected chi connectivity index (χ1v) is 5.23. The minimum absolute atomic E-state index is 0.619. The second-order valence-electron chi connectivity index (χ2n) is 4.52. The minimum Gasteiger partial charge on any atom is -0.269 e.